The lowest BCUT2D eigenvalue weighted by Gasteiger charge is -2.11. The quantitative estimate of drug-likeness (QED) is 0.337. The summed E-state index contributed by atoms with van der Waals surface area (Å²) in [6, 6.07) is 13.4. The van der Waals surface area contributed by atoms with Gasteiger partial charge in [0.1, 0.15) is 12.4 Å². The molecule has 0 atom stereocenters. The van der Waals surface area contributed by atoms with Crippen LogP contribution in [0.3, 0.4) is 0 Å². The van der Waals surface area contributed by atoms with Crippen molar-refractivity contribution >= 4 is 34.9 Å². The summed E-state index contributed by atoms with van der Waals surface area (Å²) in [6.07, 6.45) is 0.767. The van der Waals surface area contributed by atoms with Crippen molar-refractivity contribution < 1.29 is 23.8 Å². The van der Waals surface area contributed by atoms with Crippen LogP contribution in [0.2, 0.25) is 0 Å². The first-order chi connectivity index (χ1) is 14.5. The number of hydrogen-bond donors (Lipinski definition) is 2. The highest BCUT2D eigenvalue weighted by molar-refractivity contribution is 7.80. The second-order valence-corrected chi connectivity index (χ2v) is 6.60. The van der Waals surface area contributed by atoms with E-state index in [0.29, 0.717) is 49.0 Å². The first-order valence-corrected chi connectivity index (χ1v) is 10.1. The fraction of sp³-hybridized carbons (Fsp3) is 0.318. The summed E-state index contributed by atoms with van der Waals surface area (Å²) in [5.41, 5.74) is 1.54. The van der Waals surface area contributed by atoms with Gasteiger partial charge in [0, 0.05) is 17.9 Å². The number of esters is 1. The van der Waals surface area contributed by atoms with Crippen molar-refractivity contribution in [1.29, 1.82) is 0 Å². The SMILES string of the molecule is CCCOC(=O)c1ccc(NC(=S)NC(=O)c2ccc(OCCOCC)cc2)cc1. The maximum atomic E-state index is 12.3. The largest absolute Gasteiger partial charge is 0.491 e. The minimum absolute atomic E-state index is 0.151. The first kappa shape index (κ1) is 23.3. The molecule has 1 amide bonds. The van der Waals surface area contributed by atoms with Crippen LogP contribution in [0.5, 0.6) is 5.75 Å². The van der Waals surface area contributed by atoms with Gasteiger partial charge in [-0.1, -0.05) is 6.92 Å². The lowest BCUT2D eigenvalue weighted by molar-refractivity contribution is 0.0505. The molecular formula is C22H26N2O5S. The number of carbonyl (C=O) groups is 2. The van der Waals surface area contributed by atoms with Crippen LogP contribution in [0.15, 0.2) is 48.5 Å². The summed E-state index contributed by atoms with van der Waals surface area (Å²) >= 11 is 5.19. The third kappa shape index (κ3) is 7.81. The summed E-state index contributed by atoms with van der Waals surface area (Å²) in [5, 5.41) is 5.68. The Morgan fingerprint density at radius 1 is 0.900 bits per heavy atom. The van der Waals surface area contributed by atoms with Crippen LogP contribution < -0.4 is 15.4 Å². The van der Waals surface area contributed by atoms with E-state index in [-0.39, 0.29) is 17.0 Å². The van der Waals surface area contributed by atoms with Crippen LogP contribution in [-0.4, -0.2) is 43.4 Å². The minimum Gasteiger partial charge on any atom is -0.491 e. The van der Waals surface area contributed by atoms with Gasteiger partial charge in [-0.15, -0.1) is 0 Å². The predicted molar refractivity (Wildman–Crippen MR) is 119 cm³/mol. The fourth-order valence-corrected chi connectivity index (χ4v) is 2.58. The molecule has 0 aromatic heterocycles. The fourth-order valence-electron chi connectivity index (χ4n) is 2.37. The number of carbonyl (C=O) groups excluding carboxylic acids is 2. The molecule has 0 fully saturated rings. The Morgan fingerprint density at radius 2 is 1.57 bits per heavy atom. The van der Waals surface area contributed by atoms with Crippen molar-refractivity contribution in [2.24, 2.45) is 0 Å². The third-order valence-electron chi connectivity index (χ3n) is 3.86. The van der Waals surface area contributed by atoms with E-state index in [0.717, 1.165) is 6.42 Å². The maximum absolute atomic E-state index is 12.3. The van der Waals surface area contributed by atoms with E-state index >= 15 is 0 Å². The Bertz CT molecular complexity index is 838. The average molecular weight is 431 g/mol. The number of amides is 1. The topological polar surface area (TPSA) is 85.9 Å². The summed E-state index contributed by atoms with van der Waals surface area (Å²) in [5.74, 6) is -0.0535. The number of benzene rings is 2. The molecule has 0 aliphatic carbocycles. The van der Waals surface area contributed by atoms with E-state index in [2.05, 4.69) is 10.6 Å². The third-order valence-corrected chi connectivity index (χ3v) is 4.06. The highest BCUT2D eigenvalue weighted by Crippen LogP contribution is 2.13. The molecular weight excluding hydrogens is 404 g/mol. The number of hydrogen-bond acceptors (Lipinski definition) is 6. The zero-order valence-corrected chi connectivity index (χ0v) is 17.9. The summed E-state index contributed by atoms with van der Waals surface area (Å²) in [4.78, 5) is 24.1. The molecule has 0 aliphatic rings. The highest BCUT2D eigenvalue weighted by atomic mass is 32.1. The zero-order chi connectivity index (χ0) is 21.8. The molecule has 0 radical (unpaired) electrons. The van der Waals surface area contributed by atoms with Gasteiger partial charge in [0.15, 0.2) is 5.11 Å². The molecule has 2 aromatic carbocycles. The molecule has 30 heavy (non-hydrogen) atoms. The normalized spacial score (nSPS) is 10.2. The second kappa shape index (κ2) is 12.6. The van der Waals surface area contributed by atoms with Crippen molar-refractivity contribution in [2.45, 2.75) is 20.3 Å². The Hall–Kier alpha value is -2.97. The van der Waals surface area contributed by atoms with E-state index < -0.39 is 0 Å². The molecule has 2 N–H and O–H groups in total. The van der Waals surface area contributed by atoms with Gasteiger partial charge in [-0.05, 0) is 74.1 Å². The lowest BCUT2D eigenvalue weighted by Crippen LogP contribution is -2.34. The Kier molecular flexibility index (Phi) is 9.76. The van der Waals surface area contributed by atoms with Crippen molar-refractivity contribution in [1.82, 2.24) is 5.32 Å². The van der Waals surface area contributed by atoms with Crippen molar-refractivity contribution in [3.63, 3.8) is 0 Å². The van der Waals surface area contributed by atoms with Crippen LogP contribution in [0.1, 0.15) is 41.0 Å². The van der Waals surface area contributed by atoms with Gasteiger partial charge < -0.3 is 19.5 Å². The molecule has 8 heteroatoms. The Labute approximate surface area is 181 Å². The van der Waals surface area contributed by atoms with Crippen molar-refractivity contribution in [3.05, 3.63) is 59.7 Å². The number of thiocarbonyl (C=S) groups is 1. The van der Waals surface area contributed by atoms with Gasteiger partial charge in [0.25, 0.3) is 5.91 Å². The van der Waals surface area contributed by atoms with Gasteiger partial charge in [-0.3, -0.25) is 10.1 Å². The number of anilines is 1. The van der Waals surface area contributed by atoms with E-state index in [1.54, 1.807) is 48.5 Å². The van der Waals surface area contributed by atoms with E-state index in [1.165, 1.54) is 0 Å². The summed E-state index contributed by atoms with van der Waals surface area (Å²) in [7, 11) is 0. The molecule has 0 aliphatic heterocycles. The highest BCUT2D eigenvalue weighted by Gasteiger charge is 2.10. The van der Waals surface area contributed by atoms with Crippen molar-refractivity contribution in [2.75, 3.05) is 31.7 Å². The molecule has 0 saturated heterocycles. The molecule has 0 heterocycles. The van der Waals surface area contributed by atoms with Crippen LogP contribution >= 0.6 is 12.2 Å². The molecule has 160 valence electrons. The summed E-state index contributed by atoms with van der Waals surface area (Å²) in [6.45, 7) is 5.84. The first-order valence-electron chi connectivity index (χ1n) is 9.73. The van der Waals surface area contributed by atoms with Gasteiger partial charge in [0.05, 0.1) is 18.8 Å². The Morgan fingerprint density at radius 3 is 2.20 bits per heavy atom. The van der Waals surface area contributed by atoms with Gasteiger partial charge in [0.2, 0.25) is 0 Å². The van der Waals surface area contributed by atoms with Crippen LogP contribution in [-0.2, 0) is 9.47 Å². The Balaban J connectivity index is 1.82. The van der Waals surface area contributed by atoms with E-state index in [9.17, 15) is 9.59 Å². The van der Waals surface area contributed by atoms with E-state index in [1.807, 2.05) is 13.8 Å². The number of rotatable bonds is 10. The van der Waals surface area contributed by atoms with Crippen LogP contribution in [0.4, 0.5) is 5.69 Å². The monoisotopic (exact) mass is 430 g/mol. The molecule has 0 unspecified atom stereocenters. The lowest BCUT2D eigenvalue weighted by atomic mass is 10.2. The van der Waals surface area contributed by atoms with Gasteiger partial charge in [-0.2, -0.15) is 0 Å². The summed E-state index contributed by atoms with van der Waals surface area (Å²) < 4.78 is 15.8. The standard InChI is InChI=1S/C22H26N2O5S/c1-3-13-29-21(26)17-5-9-18(10-6-17)23-22(30)24-20(25)16-7-11-19(12-8-16)28-15-14-27-4-2/h5-12H,3-4,13-15H2,1-2H3,(H2,23,24,25,30). The second-order valence-electron chi connectivity index (χ2n) is 6.19. The maximum Gasteiger partial charge on any atom is 0.338 e. The average Bonchev–Trinajstić information content (AvgIpc) is 2.76. The predicted octanol–water partition coefficient (Wildman–Crippen LogP) is 3.80. The van der Waals surface area contributed by atoms with E-state index in [4.69, 9.17) is 26.4 Å². The minimum atomic E-state index is -0.371. The molecule has 0 saturated carbocycles. The number of nitrogens with one attached hydrogen (secondary N) is 2. The van der Waals surface area contributed by atoms with Crippen molar-refractivity contribution in [3.8, 4) is 5.75 Å². The molecule has 2 aromatic rings. The zero-order valence-electron chi connectivity index (χ0n) is 17.1. The van der Waals surface area contributed by atoms with Gasteiger partial charge in [-0.25, -0.2) is 4.79 Å². The smallest absolute Gasteiger partial charge is 0.338 e. The van der Waals surface area contributed by atoms with Crippen LogP contribution in [0, 0.1) is 0 Å². The molecule has 0 bridgehead atoms. The van der Waals surface area contributed by atoms with Crippen LogP contribution in [0.25, 0.3) is 0 Å². The van der Waals surface area contributed by atoms with Gasteiger partial charge >= 0.3 is 5.97 Å². The molecule has 0 spiro atoms. The number of ether oxygens (including phenoxy) is 3. The molecule has 2 rings (SSSR count). The molecule has 7 nitrogen and oxygen atoms in total.